The number of benzene rings is 1. The Hall–Kier alpha value is -1.42. The highest BCUT2D eigenvalue weighted by molar-refractivity contribution is 7.80. The van der Waals surface area contributed by atoms with Gasteiger partial charge in [-0.2, -0.15) is 0 Å². The number of hydrogen-bond donors (Lipinski definition) is 2. The minimum Gasteiger partial charge on any atom is -0.389 e. The van der Waals surface area contributed by atoms with Gasteiger partial charge in [-0.1, -0.05) is 30.4 Å². The molecule has 0 atom stereocenters. The van der Waals surface area contributed by atoms with Gasteiger partial charge in [-0.3, -0.25) is 4.79 Å². The zero-order chi connectivity index (χ0) is 11.5. The summed E-state index contributed by atoms with van der Waals surface area (Å²) >= 11 is 4.90. The van der Waals surface area contributed by atoms with Crippen molar-refractivity contribution in [1.82, 2.24) is 5.32 Å². The number of carbonyl (C=O) groups is 1. The van der Waals surface area contributed by atoms with E-state index in [1.165, 1.54) is 0 Å². The molecular formula is C12H14N2OS. The van der Waals surface area contributed by atoms with Crippen LogP contribution in [0.15, 0.2) is 24.3 Å². The molecule has 1 fully saturated rings. The lowest BCUT2D eigenvalue weighted by Gasteiger charge is -2.06. The molecule has 0 bridgehead atoms. The molecule has 3 N–H and O–H groups in total. The zero-order valence-corrected chi connectivity index (χ0v) is 9.72. The molecule has 0 aliphatic heterocycles. The van der Waals surface area contributed by atoms with Crippen LogP contribution in [0.25, 0.3) is 0 Å². The highest BCUT2D eigenvalue weighted by Crippen LogP contribution is 2.28. The summed E-state index contributed by atoms with van der Waals surface area (Å²) in [4.78, 5) is 11.8. The SMILES string of the molecule is NC(=S)c1cccc(CNC(=O)C2CC2)c1. The maximum Gasteiger partial charge on any atom is 0.223 e. The van der Waals surface area contributed by atoms with Crippen LogP contribution in [-0.2, 0) is 11.3 Å². The Labute approximate surface area is 100 Å². The molecule has 16 heavy (non-hydrogen) atoms. The van der Waals surface area contributed by atoms with Gasteiger partial charge in [0.25, 0.3) is 0 Å². The van der Waals surface area contributed by atoms with E-state index < -0.39 is 0 Å². The standard InChI is InChI=1S/C12H14N2OS/c13-11(16)10-3-1-2-8(6-10)7-14-12(15)9-4-5-9/h1-3,6,9H,4-5,7H2,(H2,13,16)(H,14,15). The Balaban J connectivity index is 1.95. The summed E-state index contributed by atoms with van der Waals surface area (Å²) in [6, 6.07) is 7.63. The average molecular weight is 234 g/mol. The van der Waals surface area contributed by atoms with E-state index in [2.05, 4.69) is 5.32 Å². The van der Waals surface area contributed by atoms with Crippen molar-refractivity contribution in [3.05, 3.63) is 35.4 Å². The molecule has 3 nitrogen and oxygen atoms in total. The van der Waals surface area contributed by atoms with Gasteiger partial charge in [-0.15, -0.1) is 0 Å². The number of carbonyl (C=O) groups excluding carboxylic acids is 1. The minimum atomic E-state index is 0.153. The molecular weight excluding hydrogens is 220 g/mol. The average Bonchev–Trinajstić information content (AvgIpc) is 3.10. The predicted octanol–water partition coefficient (Wildman–Crippen LogP) is 1.35. The molecule has 0 radical (unpaired) electrons. The van der Waals surface area contributed by atoms with Gasteiger partial charge < -0.3 is 11.1 Å². The van der Waals surface area contributed by atoms with Gasteiger partial charge in [0.1, 0.15) is 4.99 Å². The van der Waals surface area contributed by atoms with Gasteiger partial charge >= 0.3 is 0 Å². The lowest BCUT2D eigenvalue weighted by Crippen LogP contribution is -2.24. The van der Waals surface area contributed by atoms with E-state index in [1.54, 1.807) is 0 Å². The molecule has 2 rings (SSSR count). The minimum absolute atomic E-state index is 0.153. The maximum atomic E-state index is 11.4. The summed E-state index contributed by atoms with van der Waals surface area (Å²) in [7, 11) is 0. The topological polar surface area (TPSA) is 55.1 Å². The Bertz CT molecular complexity index is 427. The van der Waals surface area contributed by atoms with Gasteiger partial charge in [0.05, 0.1) is 0 Å². The van der Waals surface area contributed by atoms with Crippen molar-refractivity contribution in [2.75, 3.05) is 0 Å². The van der Waals surface area contributed by atoms with Crippen molar-refractivity contribution in [3.8, 4) is 0 Å². The fourth-order valence-electron chi connectivity index (χ4n) is 1.51. The van der Waals surface area contributed by atoms with Crippen LogP contribution in [-0.4, -0.2) is 10.9 Å². The van der Waals surface area contributed by atoms with Gasteiger partial charge in [0.2, 0.25) is 5.91 Å². The summed E-state index contributed by atoms with van der Waals surface area (Å²) in [6.45, 7) is 0.547. The first-order chi connectivity index (χ1) is 7.66. The lowest BCUT2D eigenvalue weighted by atomic mass is 10.1. The van der Waals surface area contributed by atoms with Crippen LogP contribution >= 0.6 is 12.2 Å². The maximum absolute atomic E-state index is 11.4. The quantitative estimate of drug-likeness (QED) is 0.773. The molecule has 0 aromatic heterocycles. The Morgan fingerprint density at radius 2 is 2.25 bits per heavy atom. The molecule has 0 saturated heterocycles. The first-order valence-corrected chi connectivity index (χ1v) is 5.74. The second-order valence-electron chi connectivity index (χ2n) is 4.06. The number of amides is 1. The molecule has 1 saturated carbocycles. The molecule has 0 spiro atoms. The second kappa shape index (κ2) is 4.61. The van der Waals surface area contributed by atoms with Gasteiger partial charge in [-0.05, 0) is 24.5 Å². The van der Waals surface area contributed by atoms with Crippen LogP contribution in [0.3, 0.4) is 0 Å². The zero-order valence-electron chi connectivity index (χ0n) is 8.90. The number of nitrogens with two attached hydrogens (primary N) is 1. The third-order valence-corrected chi connectivity index (χ3v) is 2.86. The Morgan fingerprint density at radius 3 is 2.88 bits per heavy atom. The van der Waals surface area contributed by atoms with Gasteiger partial charge in [0.15, 0.2) is 0 Å². The van der Waals surface area contributed by atoms with Crippen molar-refractivity contribution in [3.63, 3.8) is 0 Å². The first kappa shape index (κ1) is 11.1. The van der Waals surface area contributed by atoms with E-state index in [0.717, 1.165) is 24.0 Å². The van der Waals surface area contributed by atoms with Crippen molar-refractivity contribution in [1.29, 1.82) is 0 Å². The third kappa shape index (κ3) is 2.79. The van der Waals surface area contributed by atoms with Crippen LogP contribution in [0.1, 0.15) is 24.0 Å². The molecule has 1 aliphatic rings. The summed E-state index contributed by atoms with van der Waals surface area (Å²) in [5, 5.41) is 2.90. The van der Waals surface area contributed by atoms with E-state index in [1.807, 2.05) is 24.3 Å². The van der Waals surface area contributed by atoms with Gasteiger partial charge in [-0.25, -0.2) is 0 Å². The predicted molar refractivity (Wildman–Crippen MR) is 66.9 cm³/mol. The van der Waals surface area contributed by atoms with E-state index in [-0.39, 0.29) is 11.8 Å². The normalized spacial score (nSPS) is 14.5. The largest absolute Gasteiger partial charge is 0.389 e. The summed E-state index contributed by atoms with van der Waals surface area (Å²) in [5.41, 5.74) is 7.41. The lowest BCUT2D eigenvalue weighted by molar-refractivity contribution is -0.122. The van der Waals surface area contributed by atoms with E-state index in [4.69, 9.17) is 18.0 Å². The third-order valence-electron chi connectivity index (χ3n) is 2.63. The second-order valence-corrected chi connectivity index (χ2v) is 4.50. The first-order valence-electron chi connectivity index (χ1n) is 5.33. The van der Waals surface area contributed by atoms with E-state index in [0.29, 0.717) is 11.5 Å². The summed E-state index contributed by atoms with van der Waals surface area (Å²) in [5.74, 6) is 0.402. The smallest absolute Gasteiger partial charge is 0.223 e. The molecule has 1 aliphatic carbocycles. The Morgan fingerprint density at radius 1 is 1.50 bits per heavy atom. The van der Waals surface area contributed by atoms with Gasteiger partial charge in [0, 0.05) is 18.0 Å². The van der Waals surface area contributed by atoms with Crippen LogP contribution in [0.2, 0.25) is 0 Å². The van der Waals surface area contributed by atoms with Crippen molar-refractivity contribution < 1.29 is 4.79 Å². The highest BCUT2D eigenvalue weighted by atomic mass is 32.1. The van der Waals surface area contributed by atoms with E-state index >= 15 is 0 Å². The molecule has 1 aromatic rings. The van der Waals surface area contributed by atoms with Crippen LogP contribution < -0.4 is 11.1 Å². The molecule has 0 unspecified atom stereocenters. The fourth-order valence-corrected chi connectivity index (χ4v) is 1.64. The number of nitrogens with one attached hydrogen (secondary N) is 1. The Kier molecular flexibility index (Phi) is 3.19. The van der Waals surface area contributed by atoms with Crippen LogP contribution in [0.5, 0.6) is 0 Å². The van der Waals surface area contributed by atoms with Crippen LogP contribution in [0, 0.1) is 5.92 Å². The number of hydrogen-bond acceptors (Lipinski definition) is 2. The molecule has 84 valence electrons. The molecule has 4 heteroatoms. The molecule has 0 heterocycles. The monoisotopic (exact) mass is 234 g/mol. The number of rotatable bonds is 4. The van der Waals surface area contributed by atoms with E-state index in [9.17, 15) is 4.79 Å². The van der Waals surface area contributed by atoms with Crippen molar-refractivity contribution in [2.24, 2.45) is 11.7 Å². The fraction of sp³-hybridized carbons (Fsp3) is 0.333. The summed E-state index contributed by atoms with van der Waals surface area (Å²) in [6.07, 6.45) is 2.05. The molecule has 1 amide bonds. The van der Waals surface area contributed by atoms with Crippen molar-refractivity contribution >= 4 is 23.1 Å². The summed E-state index contributed by atoms with van der Waals surface area (Å²) < 4.78 is 0. The van der Waals surface area contributed by atoms with Crippen LogP contribution in [0.4, 0.5) is 0 Å². The van der Waals surface area contributed by atoms with Crippen molar-refractivity contribution in [2.45, 2.75) is 19.4 Å². The number of thiocarbonyl (C=S) groups is 1. The molecule has 1 aromatic carbocycles. The highest BCUT2D eigenvalue weighted by Gasteiger charge is 2.29.